The Morgan fingerprint density at radius 2 is 2.15 bits per heavy atom. The number of aromatic nitrogens is 1. The lowest BCUT2D eigenvalue weighted by Crippen LogP contribution is -2.44. The van der Waals surface area contributed by atoms with E-state index in [0.29, 0.717) is 29.6 Å². The minimum absolute atomic E-state index is 0.00801. The smallest absolute Gasteiger partial charge is 0.249 e. The molecule has 2 aromatic rings. The first kappa shape index (κ1) is 18.1. The van der Waals surface area contributed by atoms with Gasteiger partial charge in [0.15, 0.2) is 11.7 Å². The molecule has 1 aliphatic rings. The molecule has 1 saturated heterocycles. The van der Waals surface area contributed by atoms with Gasteiger partial charge in [-0.3, -0.25) is 19.7 Å². The highest BCUT2D eigenvalue weighted by molar-refractivity contribution is 6.33. The molecule has 0 bridgehead atoms. The number of carbonyl (C=O) groups excluding carboxylic acids is 3. The van der Waals surface area contributed by atoms with Gasteiger partial charge in [-0.25, -0.2) is 4.98 Å². The highest BCUT2D eigenvalue weighted by atomic mass is 35.5. The number of oxazole rings is 1. The fraction of sp³-hybridized carbons (Fsp3) is 0.333. The van der Waals surface area contributed by atoms with Crippen molar-refractivity contribution in [3.63, 3.8) is 0 Å². The predicted octanol–water partition coefficient (Wildman–Crippen LogP) is 2.19. The second kappa shape index (κ2) is 7.70. The number of rotatable bonds is 6. The number of hydrogen-bond acceptors (Lipinski definition) is 5. The van der Waals surface area contributed by atoms with Crippen LogP contribution in [0.25, 0.3) is 11.3 Å². The molecule has 26 heavy (non-hydrogen) atoms. The van der Waals surface area contributed by atoms with Crippen molar-refractivity contribution in [1.82, 2.24) is 15.2 Å². The molecule has 1 aliphatic heterocycles. The molecule has 3 rings (SSSR count). The number of likely N-dealkylation sites (N-methyl/N-ethyl adjacent to an activating group) is 1. The normalized spacial score (nSPS) is 16.6. The maximum atomic E-state index is 12.5. The summed E-state index contributed by atoms with van der Waals surface area (Å²) >= 11 is 6.14. The van der Waals surface area contributed by atoms with E-state index in [0.717, 1.165) is 5.56 Å². The first-order valence-corrected chi connectivity index (χ1v) is 8.70. The zero-order valence-corrected chi connectivity index (χ0v) is 15.0. The molecule has 3 amide bonds. The van der Waals surface area contributed by atoms with Crippen molar-refractivity contribution in [3.8, 4) is 11.3 Å². The molecule has 0 spiro atoms. The Hall–Kier alpha value is -2.67. The fourth-order valence-electron chi connectivity index (χ4n) is 2.93. The van der Waals surface area contributed by atoms with E-state index in [1.807, 2.05) is 18.2 Å². The van der Waals surface area contributed by atoms with Gasteiger partial charge < -0.3 is 9.32 Å². The number of aryl methyl sites for hydroxylation is 1. The number of halogens is 1. The third kappa shape index (κ3) is 3.77. The number of imide groups is 1. The van der Waals surface area contributed by atoms with Crippen molar-refractivity contribution in [3.05, 3.63) is 41.4 Å². The third-order valence-corrected chi connectivity index (χ3v) is 4.56. The summed E-state index contributed by atoms with van der Waals surface area (Å²) in [6.07, 6.45) is 2.01. The van der Waals surface area contributed by atoms with Gasteiger partial charge in [0.05, 0.1) is 17.6 Å². The van der Waals surface area contributed by atoms with Crippen LogP contribution in [0.15, 0.2) is 34.9 Å². The predicted molar refractivity (Wildman–Crippen MR) is 94.2 cm³/mol. The molecule has 7 nitrogen and oxygen atoms in total. The standard InChI is InChI=1S/C18H18ClN3O4/c1-2-22(13-9-15(23)21-18(13)25)17(24)8-7-16-20-10-14(26-16)11-5-3-4-6-12(11)19/h3-6,10,13H,2,7-9H2,1H3,(H,21,23,25). The minimum atomic E-state index is -0.733. The van der Waals surface area contributed by atoms with Gasteiger partial charge in [0.25, 0.3) is 0 Å². The van der Waals surface area contributed by atoms with Crippen LogP contribution in [0.1, 0.15) is 25.7 Å². The highest BCUT2D eigenvalue weighted by Crippen LogP contribution is 2.28. The lowest BCUT2D eigenvalue weighted by Gasteiger charge is -2.25. The topological polar surface area (TPSA) is 92.5 Å². The molecule has 0 radical (unpaired) electrons. The maximum absolute atomic E-state index is 12.5. The van der Waals surface area contributed by atoms with Crippen molar-refractivity contribution in [2.75, 3.05) is 6.54 Å². The number of hydrogen-bond donors (Lipinski definition) is 1. The number of benzene rings is 1. The number of nitrogens with one attached hydrogen (secondary N) is 1. The van der Waals surface area contributed by atoms with Gasteiger partial charge in [-0.15, -0.1) is 0 Å². The van der Waals surface area contributed by atoms with Crippen LogP contribution in [0, 0.1) is 0 Å². The van der Waals surface area contributed by atoms with Gasteiger partial charge in [-0.05, 0) is 19.1 Å². The van der Waals surface area contributed by atoms with E-state index in [2.05, 4.69) is 10.3 Å². The molecule has 1 atom stereocenters. The molecule has 0 aliphatic carbocycles. The lowest BCUT2D eigenvalue weighted by molar-refractivity contribution is -0.138. The van der Waals surface area contributed by atoms with E-state index in [1.54, 1.807) is 19.2 Å². The Balaban J connectivity index is 1.63. The summed E-state index contributed by atoms with van der Waals surface area (Å²) in [7, 11) is 0. The summed E-state index contributed by atoms with van der Waals surface area (Å²) in [4.78, 5) is 41.2. The van der Waals surface area contributed by atoms with Crippen LogP contribution in [0.3, 0.4) is 0 Å². The number of carbonyl (C=O) groups is 3. The first-order chi connectivity index (χ1) is 12.5. The van der Waals surface area contributed by atoms with E-state index in [-0.39, 0.29) is 24.7 Å². The Labute approximate surface area is 155 Å². The quantitative estimate of drug-likeness (QED) is 0.781. The van der Waals surface area contributed by atoms with E-state index in [9.17, 15) is 14.4 Å². The Morgan fingerprint density at radius 1 is 1.38 bits per heavy atom. The van der Waals surface area contributed by atoms with Crippen molar-refractivity contribution in [1.29, 1.82) is 0 Å². The van der Waals surface area contributed by atoms with E-state index >= 15 is 0 Å². The van der Waals surface area contributed by atoms with Gasteiger partial charge in [0.1, 0.15) is 6.04 Å². The summed E-state index contributed by atoms with van der Waals surface area (Å²) in [6, 6.07) is 6.52. The molecular formula is C18H18ClN3O4. The number of amides is 3. The fourth-order valence-corrected chi connectivity index (χ4v) is 3.16. The molecule has 2 heterocycles. The zero-order chi connectivity index (χ0) is 18.7. The van der Waals surface area contributed by atoms with Crippen molar-refractivity contribution < 1.29 is 18.8 Å². The minimum Gasteiger partial charge on any atom is -0.441 e. The van der Waals surface area contributed by atoms with Crippen LogP contribution in [-0.2, 0) is 20.8 Å². The molecule has 1 N–H and O–H groups in total. The molecule has 8 heteroatoms. The van der Waals surface area contributed by atoms with E-state index in [1.165, 1.54) is 4.90 Å². The zero-order valence-electron chi connectivity index (χ0n) is 14.2. The summed E-state index contributed by atoms with van der Waals surface area (Å²) < 4.78 is 5.68. The van der Waals surface area contributed by atoms with Crippen molar-refractivity contribution in [2.45, 2.75) is 32.2 Å². The summed E-state index contributed by atoms with van der Waals surface area (Å²) in [5.41, 5.74) is 0.732. The lowest BCUT2D eigenvalue weighted by atomic mass is 10.1. The third-order valence-electron chi connectivity index (χ3n) is 4.23. The summed E-state index contributed by atoms with van der Waals surface area (Å²) in [5, 5.41) is 2.78. The largest absolute Gasteiger partial charge is 0.441 e. The van der Waals surface area contributed by atoms with Gasteiger partial charge in [0.2, 0.25) is 17.7 Å². The molecule has 1 aromatic heterocycles. The molecule has 1 fully saturated rings. The van der Waals surface area contributed by atoms with Crippen LogP contribution in [-0.4, -0.2) is 40.2 Å². The maximum Gasteiger partial charge on any atom is 0.249 e. The Kier molecular flexibility index (Phi) is 5.37. The van der Waals surface area contributed by atoms with Gasteiger partial charge >= 0.3 is 0 Å². The van der Waals surface area contributed by atoms with Gasteiger partial charge in [-0.1, -0.05) is 23.7 Å². The van der Waals surface area contributed by atoms with Crippen LogP contribution < -0.4 is 5.32 Å². The van der Waals surface area contributed by atoms with E-state index < -0.39 is 11.9 Å². The molecule has 136 valence electrons. The van der Waals surface area contributed by atoms with Gasteiger partial charge in [-0.2, -0.15) is 0 Å². The Morgan fingerprint density at radius 3 is 2.81 bits per heavy atom. The average molecular weight is 376 g/mol. The van der Waals surface area contributed by atoms with Crippen LogP contribution in [0.4, 0.5) is 0 Å². The SMILES string of the molecule is CCN(C(=O)CCc1ncc(-c2ccccc2Cl)o1)C1CC(=O)NC1=O. The van der Waals surface area contributed by atoms with Crippen molar-refractivity contribution >= 4 is 29.3 Å². The second-order valence-electron chi connectivity index (χ2n) is 5.91. The monoisotopic (exact) mass is 375 g/mol. The molecule has 0 saturated carbocycles. The van der Waals surface area contributed by atoms with Crippen LogP contribution >= 0.6 is 11.6 Å². The molecular weight excluding hydrogens is 358 g/mol. The van der Waals surface area contributed by atoms with Crippen molar-refractivity contribution in [2.24, 2.45) is 0 Å². The van der Waals surface area contributed by atoms with Crippen LogP contribution in [0.5, 0.6) is 0 Å². The van der Waals surface area contributed by atoms with Crippen LogP contribution in [0.2, 0.25) is 5.02 Å². The highest BCUT2D eigenvalue weighted by Gasteiger charge is 2.36. The second-order valence-corrected chi connectivity index (χ2v) is 6.32. The molecule has 1 unspecified atom stereocenters. The van der Waals surface area contributed by atoms with E-state index in [4.69, 9.17) is 16.0 Å². The number of nitrogens with zero attached hydrogens (tertiary/aromatic N) is 2. The summed E-state index contributed by atoms with van der Waals surface area (Å²) in [6.45, 7) is 2.12. The summed E-state index contributed by atoms with van der Waals surface area (Å²) in [5.74, 6) is -0.0621. The Bertz CT molecular complexity index is 848. The van der Waals surface area contributed by atoms with Gasteiger partial charge in [0, 0.05) is 24.9 Å². The first-order valence-electron chi connectivity index (χ1n) is 8.32. The molecule has 1 aromatic carbocycles. The average Bonchev–Trinajstić information content (AvgIpc) is 3.21.